The molecule has 0 fully saturated rings. The van der Waals surface area contributed by atoms with Gasteiger partial charge in [-0.3, -0.25) is 4.79 Å². The molecule has 0 aliphatic heterocycles. The summed E-state index contributed by atoms with van der Waals surface area (Å²) in [5.74, 6) is 0.563. The van der Waals surface area contributed by atoms with Gasteiger partial charge < -0.3 is 15.0 Å². The first-order chi connectivity index (χ1) is 10.3. The van der Waals surface area contributed by atoms with Gasteiger partial charge in [-0.25, -0.2) is 4.98 Å². The lowest BCUT2D eigenvalue weighted by molar-refractivity contribution is -0.115. The summed E-state index contributed by atoms with van der Waals surface area (Å²) in [5, 5.41) is 2.86. The summed E-state index contributed by atoms with van der Waals surface area (Å²) in [5.41, 5.74) is 3.42. The van der Waals surface area contributed by atoms with Crippen molar-refractivity contribution < 1.29 is 9.53 Å². The van der Waals surface area contributed by atoms with E-state index in [-0.39, 0.29) is 5.91 Å². The molecule has 5 nitrogen and oxygen atoms in total. The topological polar surface area (TPSA) is 67.0 Å². The summed E-state index contributed by atoms with van der Waals surface area (Å²) < 4.78 is 5.22. The third-order valence-corrected chi connectivity index (χ3v) is 3.23. The van der Waals surface area contributed by atoms with Crippen LogP contribution in [-0.2, 0) is 11.2 Å². The van der Waals surface area contributed by atoms with Gasteiger partial charge in [-0.2, -0.15) is 0 Å². The van der Waals surface area contributed by atoms with E-state index in [4.69, 9.17) is 4.74 Å². The zero-order valence-corrected chi connectivity index (χ0v) is 11.6. The van der Waals surface area contributed by atoms with Crippen LogP contribution in [-0.4, -0.2) is 23.0 Å². The number of anilines is 1. The molecule has 2 aromatic carbocycles. The molecule has 0 spiro atoms. The molecule has 3 rings (SSSR count). The van der Waals surface area contributed by atoms with Crippen LogP contribution < -0.4 is 10.1 Å². The highest BCUT2D eigenvalue weighted by molar-refractivity contribution is 5.94. The van der Waals surface area contributed by atoms with Crippen LogP contribution in [0.2, 0.25) is 0 Å². The highest BCUT2D eigenvalue weighted by atomic mass is 16.5. The number of imidazole rings is 1. The molecular weight excluding hydrogens is 266 g/mol. The fourth-order valence-electron chi connectivity index (χ4n) is 2.22. The molecule has 0 unspecified atom stereocenters. The molecule has 0 atom stereocenters. The van der Waals surface area contributed by atoms with Gasteiger partial charge >= 0.3 is 0 Å². The van der Waals surface area contributed by atoms with Crippen LogP contribution in [0.15, 0.2) is 48.8 Å². The predicted octanol–water partition coefficient (Wildman–Crippen LogP) is 2.75. The number of benzene rings is 2. The zero-order chi connectivity index (χ0) is 14.7. The first kappa shape index (κ1) is 13.2. The van der Waals surface area contributed by atoms with Gasteiger partial charge in [0.1, 0.15) is 5.75 Å². The average molecular weight is 281 g/mol. The van der Waals surface area contributed by atoms with Crippen molar-refractivity contribution in [2.45, 2.75) is 6.42 Å². The number of aromatic nitrogens is 2. The molecule has 3 aromatic rings. The van der Waals surface area contributed by atoms with E-state index in [1.54, 1.807) is 13.4 Å². The molecule has 21 heavy (non-hydrogen) atoms. The van der Waals surface area contributed by atoms with Crippen LogP contribution in [0.1, 0.15) is 5.56 Å². The van der Waals surface area contributed by atoms with Crippen LogP contribution in [0.3, 0.4) is 0 Å². The molecule has 1 heterocycles. The van der Waals surface area contributed by atoms with E-state index in [0.29, 0.717) is 17.9 Å². The zero-order valence-electron chi connectivity index (χ0n) is 11.6. The Hall–Kier alpha value is -2.82. The van der Waals surface area contributed by atoms with Crippen LogP contribution in [0.4, 0.5) is 5.69 Å². The number of carbonyl (C=O) groups is 1. The average Bonchev–Trinajstić information content (AvgIpc) is 2.95. The third kappa shape index (κ3) is 2.86. The molecule has 1 amide bonds. The monoisotopic (exact) mass is 281 g/mol. The second-order valence-electron chi connectivity index (χ2n) is 4.68. The van der Waals surface area contributed by atoms with Gasteiger partial charge in [0.15, 0.2) is 0 Å². The van der Waals surface area contributed by atoms with Gasteiger partial charge in [0.2, 0.25) is 5.91 Å². The number of H-pyrrole nitrogens is 1. The van der Waals surface area contributed by atoms with E-state index < -0.39 is 0 Å². The van der Waals surface area contributed by atoms with Crippen LogP contribution >= 0.6 is 0 Å². The molecule has 0 saturated heterocycles. The predicted molar refractivity (Wildman–Crippen MR) is 81.4 cm³/mol. The first-order valence-corrected chi connectivity index (χ1v) is 6.61. The fourth-order valence-corrected chi connectivity index (χ4v) is 2.22. The van der Waals surface area contributed by atoms with E-state index in [1.807, 2.05) is 42.5 Å². The van der Waals surface area contributed by atoms with Gasteiger partial charge in [-0.15, -0.1) is 0 Å². The Kier molecular flexibility index (Phi) is 3.55. The number of ether oxygens (including phenoxy) is 1. The van der Waals surface area contributed by atoms with Gasteiger partial charge in [-0.05, 0) is 29.8 Å². The summed E-state index contributed by atoms with van der Waals surface area (Å²) in [4.78, 5) is 19.3. The van der Waals surface area contributed by atoms with E-state index >= 15 is 0 Å². The van der Waals surface area contributed by atoms with Crippen molar-refractivity contribution in [3.05, 3.63) is 54.4 Å². The first-order valence-electron chi connectivity index (χ1n) is 6.61. The molecule has 2 N–H and O–H groups in total. The SMILES string of the molecule is COc1ccccc1NC(=O)Cc1ccc2nc[nH]c2c1. The molecule has 0 aliphatic rings. The summed E-state index contributed by atoms with van der Waals surface area (Å²) >= 11 is 0. The van der Waals surface area contributed by atoms with Crippen LogP contribution in [0.25, 0.3) is 11.0 Å². The highest BCUT2D eigenvalue weighted by Gasteiger charge is 2.08. The van der Waals surface area contributed by atoms with Gasteiger partial charge in [-0.1, -0.05) is 18.2 Å². The molecular formula is C16H15N3O2. The quantitative estimate of drug-likeness (QED) is 0.772. The Morgan fingerprint density at radius 2 is 2.14 bits per heavy atom. The number of para-hydroxylation sites is 2. The number of aromatic amines is 1. The summed E-state index contributed by atoms with van der Waals surface area (Å²) in [6, 6.07) is 13.1. The summed E-state index contributed by atoms with van der Waals surface area (Å²) in [7, 11) is 1.58. The number of rotatable bonds is 4. The Morgan fingerprint density at radius 1 is 1.29 bits per heavy atom. The Morgan fingerprint density at radius 3 is 3.00 bits per heavy atom. The number of methoxy groups -OCH3 is 1. The van der Waals surface area contributed by atoms with E-state index in [1.165, 1.54) is 0 Å². The smallest absolute Gasteiger partial charge is 0.228 e. The number of nitrogens with one attached hydrogen (secondary N) is 2. The van der Waals surface area contributed by atoms with Crippen molar-refractivity contribution in [2.24, 2.45) is 0 Å². The fraction of sp³-hybridized carbons (Fsp3) is 0.125. The van der Waals surface area contributed by atoms with Crippen molar-refractivity contribution in [3.63, 3.8) is 0 Å². The molecule has 0 bridgehead atoms. The molecule has 0 saturated carbocycles. The Balaban J connectivity index is 1.73. The van der Waals surface area contributed by atoms with Crippen molar-refractivity contribution in [2.75, 3.05) is 12.4 Å². The number of hydrogen-bond donors (Lipinski definition) is 2. The lowest BCUT2D eigenvalue weighted by Gasteiger charge is -2.09. The molecule has 5 heteroatoms. The van der Waals surface area contributed by atoms with Crippen molar-refractivity contribution in [1.29, 1.82) is 0 Å². The van der Waals surface area contributed by atoms with Crippen LogP contribution in [0.5, 0.6) is 5.75 Å². The van der Waals surface area contributed by atoms with Crippen molar-refractivity contribution >= 4 is 22.6 Å². The number of hydrogen-bond acceptors (Lipinski definition) is 3. The number of fused-ring (bicyclic) bond motifs is 1. The summed E-state index contributed by atoms with van der Waals surface area (Å²) in [6.07, 6.45) is 1.94. The van der Waals surface area contributed by atoms with Crippen molar-refractivity contribution in [1.82, 2.24) is 9.97 Å². The molecule has 0 radical (unpaired) electrons. The minimum Gasteiger partial charge on any atom is -0.495 e. The van der Waals surface area contributed by atoms with Gasteiger partial charge in [0.25, 0.3) is 0 Å². The standard InChI is InChI=1S/C16H15N3O2/c1-21-15-5-3-2-4-13(15)19-16(20)9-11-6-7-12-14(8-11)18-10-17-12/h2-8,10H,9H2,1H3,(H,17,18)(H,19,20). The summed E-state index contributed by atoms with van der Waals surface area (Å²) in [6.45, 7) is 0. The minimum absolute atomic E-state index is 0.0848. The lowest BCUT2D eigenvalue weighted by Crippen LogP contribution is -2.14. The molecule has 1 aromatic heterocycles. The highest BCUT2D eigenvalue weighted by Crippen LogP contribution is 2.23. The second-order valence-corrected chi connectivity index (χ2v) is 4.68. The minimum atomic E-state index is -0.0848. The Bertz CT molecular complexity index is 780. The number of amides is 1. The second kappa shape index (κ2) is 5.66. The van der Waals surface area contributed by atoms with E-state index in [9.17, 15) is 4.79 Å². The number of carbonyl (C=O) groups excluding carboxylic acids is 1. The van der Waals surface area contributed by atoms with Crippen molar-refractivity contribution in [3.8, 4) is 5.75 Å². The van der Waals surface area contributed by atoms with Crippen LogP contribution in [0, 0.1) is 0 Å². The van der Waals surface area contributed by atoms with E-state index in [0.717, 1.165) is 16.6 Å². The normalized spacial score (nSPS) is 10.5. The van der Waals surface area contributed by atoms with Gasteiger partial charge in [0.05, 0.1) is 36.6 Å². The maximum Gasteiger partial charge on any atom is 0.228 e. The largest absolute Gasteiger partial charge is 0.495 e. The number of nitrogens with zero attached hydrogens (tertiary/aromatic N) is 1. The maximum atomic E-state index is 12.1. The molecule has 106 valence electrons. The lowest BCUT2D eigenvalue weighted by atomic mass is 10.1. The molecule has 0 aliphatic carbocycles. The Labute approximate surface area is 122 Å². The maximum absolute atomic E-state index is 12.1. The van der Waals surface area contributed by atoms with Gasteiger partial charge in [0, 0.05) is 0 Å². The van der Waals surface area contributed by atoms with E-state index in [2.05, 4.69) is 15.3 Å². The third-order valence-electron chi connectivity index (χ3n) is 3.23.